The van der Waals surface area contributed by atoms with Crippen molar-refractivity contribution in [3.63, 3.8) is 0 Å². The third-order valence-corrected chi connectivity index (χ3v) is 3.64. The van der Waals surface area contributed by atoms with E-state index in [1.54, 1.807) is 14.1 Å². The molecule has 0 aromatic heterocycles. The summed E-state index contributed by atoms with van der Waals surface area (Å²) in [4.78, 5) is 24.9. The Morgan fingerprint density at radius 2 is 2.00 bits per heavy atom. The van der Waals surface area contributed by atoms with Crippen LogP contribution in [0, 0.1) is 11.8 Å². The van der Waals surface area contributed by atoms with Crippen LogP contribution in [0.15, 0.2) is 0 Å². The molecule has 3 atom stereocenters. The summed E-state index contributed by atoms with van der Waals surface area (Å²) >= 11 is 0. The summed E-state index contributed by atoms with van der Waals surface area (Å²) in [6.07, 6.45) is 3.21. The molecule has 0 aliphatic heterocycles. The Labute approximate surface area is 109 Å². The molecular weight excluding hydrogens is 230 g/mol. The van der Waals surface area contributed by atoms with Crippen molar-refractivity contribution in [1.82, 2.24) is 10.2 Å². The van der Waals surface area contributed by atoms with E-state index in [1.165, 1.54) is 4.90 Å². The average molecular weight is 255 g/mol. The van der Waals surface area contributed by atoms with Crippen LogP contribution in [-0.4, -0.2) is 43.4 Å². The lowest BCUT2D eigenvalue weighted by Crippen LogP contribution is -2.45. The molecule has 0 bridgehead atoms. The molecule has 5 nitrogen and oxygen atoms in total. The number of nitrogens with two attached hydrogens (primary N) is 1. The minimum atomic E-state index is -0.0943. The van der Waals surface area contributed by atoms with Crippen LogP contribution in [0.1, 0.15) is 32.6 Å². The third kappa shape index (κ3) is 4.29. The van der Waals surface area contributed by atoms with E-state index in [2.05, 4.69) is 12.2 Å². The Morgan fingerprint density at radius 1 is 1.33 bits per heavy atom. The van der Waals surface area contributed by atoms with Crippen molar-refractivity contribution in [2.45, 2.75) is 38.6 Å². The average Bonchev–Trinajstić information content (AvgIpc) is 2.31. The van der Waals surface area contributed by atoms with E-state index in [0.717, 1.165) is 19.3 Å². The van der Waals surface area contributed by atoms with E-state index in [4.69, 9.17) is 5.73 Å². The molecule has 3 unspecified atom stereocenters. The molecule has 18 heavy (non-hydrogen) atoms. The number of nitrogens with one attached hydrogen (secondary N) is 1. The van der Waals surface area contributed by atoms with Crippen LogP contribution < -0.4 is 11.1 Å². The molecular formula is C13H25N3O2. The molecule has 0 radical (unpaired) electrons. The fraction of sp³-hybridized carbons (Fsp3) is 0.846. The monoisotopic (exact) mass is 255 g/mol. The summed E-state index contributed by atoms with van der Waals surface area (Å²) in [6.45, 7) is 2.55. The van der Waals surface area contributed by atoms with Gasteiger partial charge >= 0.3 is 0 Å². The van der Waals surface area contributed by atoms with Crippen molar-refractivity contribution < 1.29 is 9.59 Å². The predicted octanol–water partition coefficient (Wildman–Crippen LogP) is 0.344. The molecule has 104 valence electrons. The molecule has 3 N–H and O–H groups in total. The highest BCUT2D eigenvalue weighted by atomic mass is 16.2. The smallest absolute Gasteiger partial charge is 0.224 e. The maximum absolute atomic E-state index is 12.0. The van der Waals surface area contributed by atoms with E-state index in [9.17, 15) is 9.59 Å². The quantitative estimate of drug-likeness (QED) is 0.761. The summed E-state index contributed by atoms with van der Waals surface area (Å²) in [5, 5.41) is 2.82. The lowest BCUT2D eigenvalue weighted by molar-refractivity contribution is -0.129. The second-order valence-electron chi connectivity index (χ2n) is 5.52. The summed E-state index contributed by atoms with van der Waals surface area (Å²) < 4.78 is 0. The number of nitrogens with zero attached hydrogens (tertiary/aromatic N) is 1. The Balaban J connectivity index is 2.33. The normalized spacial score (nSPS) is 27.7. The summed E-state index contributed by atoms with van der Waals surface area (Å²) in [5.41, 5.74) is 5.99. The van der Waals surface area contributed by atoms with Crippen molar-refractivity contribution in [2.24, 2.45) is 17.6 Å². The highest BCUT2D eigenvalue weighted by molar-refractivity contribution is 5.81. The van der Waals surface area contributed by atoms with Crippen LogP contribution in [-0.2, 0) is 9.59 Å². The first-order chi connectivity index (χ1) is 8.41. The maximum atomic E-state index is 12.0. The number of amides is 2. The van der Waals surface area contributed by atoms with Gasteiger partial charge in [-0.15, -0.1) is 0 Å². The van der Waals surface area contributed by atoms with Gasteiger partial charge in [0.2, 0.25) is 11.8 Å². The molecule has 0 spiro atoms. The van der Waals surface area contributed by atoms with Gasteiger partial charge in [0, 0.05) is 33.1 Å². The zero-order valence-corrected chi connectivity index (χ0v) is 11.6. The van der Waals surface area contributed by atoms with Gasteiger partial charge in [0.25, 0.3) is 0 Å². The van der Waals surface area contributed by atoms with Crippen LogP contribution in [0.5, 0.6) is 0 Å². The second-order valence-corrected chi connectivity index (χ2v) is 5.52. The summed E-state index contributed by atoms with van der Waals surface area (Å²) in [5.74, 6) is 0.490. The molecule has 0 heterocycles. The highest BCUT2D eigenvalue weighted by Crippen LogP contribution is 2.27. The van der Waals surface area contributed by atoms with Crippen LogP contribution in [0.25, 0.3) is 0 Å². The third-order valence-electron chi connectivity index (χ3n) is 3.64. The zero-order chi connectivity index (χ0) is 13.7. The Morgan fingerprint density at radius 3 is 2.61 bits per heavy atom. The van der Waals surface area contributed by atoms with Crippen molar-refractivity contribution in [2.75, 3.05) is 20.6 Å². The number of rotatable bonds is 4. The van der Waals surface area contributed by atoms with E-state index >= 15 is 0 Å². The van der Waals surface area contributed by atoms with Gasteiger partial charge in [0.05, 0.1) is 5.92 Å². The molecule has 1 fully saturated rings. The zero-order valence-electron chi connectivity index (χ0n) is 11.6. The predicted molar refractivity (Wildman–Crippen MR) is 70.8 cm³/mol. The van der Waals surface area contributed by atoms with E-state index in [-0.39, 0.29) is 23.8 Å². The summed E-state index contributed by atoms with van der Waals surface area (Å²) in [6, 6.07) is -0.0363. The second kappa shape index (κ2) is 6.73. The molecule has 2 amide bonds. The van der Waals surface area contributed by atoms with Crippen LogP contribution in [0.2, 0.25) is 0 Å². The van der Waals surface area contributed by atoms with E-state index < -0.39 is 0 Å². The molecule has 0 aromatic rings. The van der Waals surface area contributed by atoms with Crippen LogP contribution in [0.3, 0.4) is 0 Å². The fourth-order valence-electron chi connectivity index (χ4n) is 2.35. The van der Waals surface area contributed by atoms with Crippen LogP contribution >= 0.6 is 0 Å². The van der Waals surface area contributed by atoms with Gasteiger partial charge in [0.1, 0.15) is 0 Å². The molecule has 1 aliphatic carbocycles. The Kier molecular flexibility index (Phi) is 5.59. The van der Waals surface area contributed by atoms with Crippen molar-refractivity contribution in [3.8, 4) is 0 Å². The Bertz CT molecular complexity index is 305. The highest BCUT2D eigenvalue weighted by Gasteiger charge is 2.31. The minimum Gasteiger partial charge on any atom is -0.355 e. The Hall–Kier alpha value is -1.10. The van der Waals surface area contributed by atoms with Gasteiger partial charge in [-0.2, -0.15) is 0 Å². The van der Waals surface area contributed by atoms with Gasteiger partial charge in [-0.25, -0.2) is 0 Å². The van der Waals surface area contributed by atoms with Crippen molar-refractivity contribution in [1.29, 1.82) is 0 Å². The molecule has 1 aliphatic rings. The topological polar surface area (TPSA) is 75.4 Å². The maximum Gasteiger partial charge on any atom is 0.224 e. The van der Waals surface area contributed by atoms with Gasteiger partial charge in [-0.05, 0) is 25.2 Å². The van der Waals surface area contributed by atoms with Crippen LogP contribution in [0.4, 0.5) is 0 Å². The van der Waals surface area contributed by atoms with Gasteiger partial charge in [-0.1, -0.05) is 6.92 Å². The molecule has 1 rings (SSSR count). The van der Waals surface area contributed by atoms with E-state index in [0.29, 0.717) is 18.9 Å². The SMILES string of the molecule is CC1CCC(N)C(C(=O)NCCC(=O)N(C)C)C1. The first kappa shape index (κ1) is 15.0. The standard InChI is InChI=1S/C13H25N3O2/c1-9-4-5-11(14)10(8-9)13(18)15-7-6-12(17)16(2)3/h9-11H,4-8,14H2,1-3H3,(H,15,18). The number of carbonyl (C=O) groups excluding carboxylic acids is 2. The number of hydrogen-bond donors (Lipinski definition) is 2. The molecule has 1 saturated carbocycles. The summed E-state index contributed by atoms with van der Waals surface area (Å²) in [7, 11) is 3.42. The van der Waals surface area contributed by atoms with Gasteiger partial charge in [0.15, 0.2) is 0 Å². The first-order valence-electron chi connectivity index (χ1n) is 6.65. The fourth-order valence-corrected chi connectivity index (χ4v) is 2.35. The molecule has 5 heteroatoms. The number of carbonyl (C=O) groups is 2. The van der Waals surface area contributed by atoms with E-state index in [1.807, 2.05) is 0 Å². The largest absolute Gasteiger partial charge is 0.355 e. The van der Waals surface area contributed by atoms with Gasteiger partial charge in [-0.3, -0.25) is 9.59 Å². The lowest BCUT2D eigenvalue weighted by atomic mass is 9.79. The molecule has 0 saturated heterocycles. The minimum absolute atomic E-state index is 0.000561. The van der Waals surface area contributed by atoms with Gasteiger partial charge < -0.3 is 16.0 Å². The van der Waals surface area contributed by atoms with Crippen molar-refractivity contribution >= 4 is 11.8 Å². The first-order valence-corrected chi connectivity index (χ1v) is 6.65. The number of hydrogen-bond acceptors (Lipinski definition) is 3. The lowest BCUT2D eigenvalue weighted by Gasteiger charge is -2.31. The molecule has 0 aromatic carbocycles. The van der Waals surface area contributed by atoms with Crippen molar-refractivity contribution in [3.05, 3.63) is 0 Å².